The molecule has 0 atom stereocenters. The van der Waals surface area contributed by atoms with Gasteiger partial charge in [0.05, 0.1) is 0 Å². The second-order valence-corrected chi connectivity index (χ2v) is 5.70. The van der Waals surface area contributed by atoms with E-state index >= 15 is 0 Å². The number of amides is 1. The highest BCUT2D eigenvalue weighted by molar-refractivity contribution is 14.0. The largest absolute Gasteiger partial charge is 0.357 e. The SMILES string of the molecule is CCNC(=NCC(=O)N(C)C)NCCC1CCCCC1.I. The fraction of sp³-hybridized carbons (Fsp3) is 0.867. The highest BCUT2D eigenvalue weighted by Crippen LogP contribution is 2.25. The maximum absolute atomic E-state index is 11.5. The van der Waals surface area contributed by atoms with Crippen molar-refractivity contribution in [2.75, 3.05) is 33.7 Å². The quantitative estimate of drug-likeness (QED) is 0.401. The van der Waals surface area contributed by atoms with E-state index in [0.29, 0.717) is 0 Å². The standard InChI is InChI=1S/C15H30N4O.HI/c1-4-16-15(18-12-14(20)19(2)3)17-11-10-13-8-6-5-7-9-13;/h13H,4-12H2,1-3H3,(H2,16,17,18);1H. The Morgan fingerprint density at radius 3 is 2.43 bits per heavy atom. The van der Waals surface area contributed by atoms with Gasteiger partial charge >= 0.3 is 0 Å². The van der Waals surface area contributed by atoms with Gasteiger partial charge in [0.15, 0.2) is 5.96 Å². The average Bonchev–Trinajstić information content (AvgIpc) is 2.45. The Morgan fingerprint density at radius 1 is 1.19 bits per heavy atom. The molecule has 0 spiro atoms. The van der Waals surface area contributed by atoms with Gasteiger partial charge in [-0.05, 0) is 19.3 Å². The first-order chi connectivity index (χ1) is 9.63. The monoisotopic (exact) mass is 410 g/mol. The van der Waals surface area contributed by atoms with Crippen molar-refractivity contribution in [1.82, 2.24) is 15.5 Å². The lowest BCUT2D eigenvalue weighted by atomic mass is 9.87. The van der Waals surface area contributed by atoms with Crippen LogP contribution in [0.2, 0.25) is 0 Å². The zero-order valence-corrected chi connectivity index (χ0v) is 16.0. The van der Waals surface area contributed by atoms with Crippen molar-refractivity contribution < 1.29 is 4.79 Å². The molecular formula is C15H31IN4O. The molecule has 0 aromatic rings. The van der Waals surface area contributed by atoms with Gasteiger partial charge in [0.25, 0.3) is 0 Å². The van der Waals surface area contributed by atoms with Gasteiger partial charge in [0.1, 0.15) is 6.54 Å². The summed E-state index contributed by atoms with van der Waals surface area (Å²) in [6, 6.07) is 0. The molecule has 1 aliphatic carbocycles. The zero-order chi connectivity index (χ0) is 14.8. The van der Waals surface area contributed by atoms with Crippen molar-refractivity contribution in [3.05, 3.63) is 0 Å². The maximum Gasteiger partial charge on any atom is 0.243 e. The third kappa shape index (κ3) is 9.16. The molecule has 1 amide bonds. The van der Waals surface area contributed by atoms with E-state index in [4.69, 9.17) is 0 Å². The third-order valence-corrected chi connectivity index (χ3v) is 3.79. The van der Waals surface area contributed by atoms with E-state index in [1.807, 2.05) is 6.92 Å². The Morgan fingerprint density at radius 2 is 1.86 bits per heavy atom. The van der Waals surface area contributed by atoms with Gasteiger partial charge in [-0.3, -0.25) is 4.79 Å². The second kappa shape index (κ2) is 12.1. The third-order valence-electron chi connectivity index (χ3n) is 3.79. The molecule has 21 heavy (non-hydrogen) atoms. The highest BCUT2D eigenvalue weighted by Gasteiger charge is 2.13. The summed E-state index contributed by atoms with van der Waals surface area (Å²) in [6.45, 7) is 3.98. The van der Waals surface area contributed by atoms with Crippen LogP contribution in [0.1, 0.15) is 45.4 Å². The van der Waals surface area contributed by atoms with E-state index in [1.54, 1.807) is 19.0 Å². The number of aliphatic imine (C=N–C) groups is 1. The van der Waals surface area contributed by atoms with Crippen LogP contribution in [0.15, 0.2) is 4.99 Å². The van der Waals surface area contributed by atoms with Crippen LogP contribution in [0.25, 0.3) is 0 Å². The molecule has 0 aromatic heterocycles. The van der Waals surface area contributed by atoms with Crippen molar-refractivity contribution in [3.8, 4) is 0 Å². The van der Waals surface area contributed by atoms with Crippen LogP contribution < -0.4 is 10.6 Å². The minimum absolute atomic E-state index is 0. The minimum atomic E-state index is 0. The smallest absolute Gasteiger partial charge is 0.243 e. The van der Waals surface area contributed by atoms with Crippen LogP contribution in [0.3, 0.4) is 0 Å². The molecule has 0 aromatic carbocycles. The average molecular weight is 410 g/mol. The number of rotatable bonds is 6. The highest BCUT2D eigenvalue weighted by atomic mass is 127. The number of guanidine groups is 1. The second-order valence-electron chi connectivity index (χ2n) is 5.70. The van der Waals surface area contributed by atoms with E-state index in [2.05, 4.69) is 15.6 Å². The molecule has 1 aliphatic rings. The topological polar surface area (TPSA) is 56.7 Å². The van der Waals surface area contributed by atoms with Crippen molar-refractivity contribution in [1.29, 1.82) is 0 Å². The van der Waals surface area contributed by atoms with Crippen LogP contribution in [-0.2, 0) is 4.79 Å². The van der Waals surface area contributed by atoms with Crippen molar-refractivity contribution in [3.63, 3.8) is 0 Å². The number of hydrogen-bond acceptors (Lipinski definition) is 2. The van der Waals surface area contributed by atoms with Gasteiger partial charge in [-0.15, -0.1) is 24.0 Å². The molecular weight excluding hydrogens is 379 g/mol. The predicted molar refractivity (Wildman–Crippen MR) is 99.3 cm³/mol. The summed E-state index contributed by atoms with van der Waals surface area (Å²) in [4.78, 5) is 17.4. The van der Waals surface area contributed by atoms with Crippen LogP contribution >= 0.6 is 24.0 Å². The van der Waals surface area contributed by atoms with Crippen LogP contribution in [0, 0.1) is 5.92 Å². The van der Waals surface area contributed by atoms with Crippen LogP contribution in [-0.4, -0.2) is 50.5 Å². The van der Waals surface area contributed by atoms with Crippen molar-refractivity contribution in [2.45, 2.75) is 45.4 Å². The van der Waals surface area contributed by atoms with Gasteiger partial charge in [-0.1, -0.05) is 32.1 Å². The van der Waals surface area contributed by atoms with E-state index in [0.717, 1.165) is 25.0 Å². The van der Waals surface area contributed by atoms with E-state index in [-0.39, 0.29) is 36.4 Å². The number of nitrogens with one attached hydrogen (secondary N) is 2. The lowest BCUT2D eigenvalue weighted by molar-refractivity contribution is -0.127. The molecule has 0 aliphatic heterocycles. The number of halogens is 1. The summed E-state index contributed by atoms with van der Waals surface area (Å²) in [5.74, 6) is 1.63. The molecule has 0 saturated heterocycles. The first-order valence-electron chi connectivity index (χ1n) is 7.85. The molecule has 1 fully saturated rings. The maximum atomic E-state index is 11.5. The number of nitrogens with zero attached hydrogens (tertiary/aromatic N) is 2. The Balaban J connectivity index is 0.00000400. The number of carbonyl (C=O) groups is 1. The first kappa shape index (κ1) is 20.5. The Labute approximate surface area is 146 Å². The van der Waals surface area contributed by atoms with Gasteiger partial charge in [-0.2, -0.15) is 0 Å². The summed E-state index contributed by atoms with van der Waals surface area (Å²) in [7, 11) is 3.50. The normalized spacial score (nSPS) is 16.0. The summed E-state index contributed by atoms with van der Waals surface area (Å²) in [6.07, 6.45) is 8.11. The number of hydrogen-bond donors (Lipinski definition) is 2. The van der Waals surface area contributed by atoms with Crippen LogP contribution in [0.4, 0.5) is 0 Å². The summed E-state index contributed by atoms with van der Waals surface area (Å²) in [5, 5.41) is 6.51. The van der Waals surface area contributed by atoms with E-state index in [9.17, 15) is 4.79 Å². The van der Waals surface area contributed by atoms with E-state index < -0.39 is 0 Å². The lowest BCUT2D eigenvalue weighted by Crippen LogP contribution is -2.39. The number of likely N-dealkylation sites (N-methyl/N-ethyl adjacent to an activating group) is 1. The summed E-state index contributed by atoms with van der Waals surface area (Å²) >= 11 is 0. The summed E-state index contributed by atoms with van der Waals surface area (Å²) in [5.41, 5.74) is 0. The summed E-state index contributed by atoms with van der Waals surface area (Å²) < 4.78 is 0. The van der Waals surface area contributed by atoms with E-state index in [1.165, 1.54) is 38.5 Å². The molecule has 0 unspecified atom stereocenters. The van der Waals surface area contributed by atoms with Crippen molar-refractivity contribution >= 4 is 35.8 Å². The molecule has 124 valence electrons. The molecule has 2 N–H and O–H groups in total. The van der Waals surface area contributed by atoms with Gasteiger partial charge in [0.2, 0.25) is 5.91 Å². The van der Waals surface area contributed by atoms with Gasteiger partial charge in [0, 0.05) is 27.2 Å². The Kier molecular flexibility index (Phi) is 11.8. The first-order valence-corrected chi connectivity index (χ1v) is 7.85. The molecule has 5 nitrogen and oxygen atoms in total. The van der Waals surface area contributed by atoms with Gasteiger partial charge in [-0.25, -0.2) is 4.99 Å². The number of carbonyl (C=O) groups excluding carboxylic acids is 1. The molecule has 1 rings (SSSR count). The fourth-order valence-electron chi connectivity index (χ4n) is 2.50. The molecule has 0 bridgehead atoms. The lowest BCUT2D eigenvalue weighted by Gasteiger charge is -2.22. The van der Waals surface area contributed by atoms with Gasteiger partial charge < -0.3 is 15.5 Å². The fourth-order valence-corrected chi connectivity index (χ4v) is 2.50. The Hall–Kier alpha value is -0.530. The zero-order valence-electron chi connectivity index (χ0n) is 13.7. The molecule has 0 heterocycles. The predicted octanol–water partition coefficient (Wildman–Crippen LogP) is 2.22. The Bertz CT molecular complexity index is 315. The molecule has 0 radical (unpaired) electrons. The molecule has 1 saturated carbocycles. The van der Waals surface area contributed by atoms with Crippen molar-refractivity contribution in [2.24, 2.45) is 10.9 Å². The van der Waals surface area contributed by atoms with Crippen LogP contribution in [0.5, 0.6) is 0 Å². The minimum Gasteiger partial charge on any atom is -0.357 e. The molecule has 6 heteroatoms.